The first-order valence-corrected chi connectivity index (χ1v) is 16.7. The molecule has 0 saturated heterocycles. The molecule has 244 valence electrons. The average molecular weight is 624 g/mol. The Morgan fingerprint density at radius 3 is 1.98 bits per heavy atom. The maximum Gasteiger partial charge on any atom is 0.307 e. The number of halogens is 1. The smallest absolute Gasteiger partial charge is 0.307 e. The van der Waals surface area contributed by atoms with Crippen molar-refractivity contribution in [1.82, 2.24) is 25.1 Å². The molecule has 2 rings (SSSR count). The molecule has 0 aliphatic rings. The topological polar surface area (TPSA) is 128 Å². The lowest BCUT2D eigenvalue weighted by Crippen LogP contribution is -2.31. The second-order valence-electron chi connectivity index (χ2n) is 12.2. The number of rotatable bonds is 24. The zero-order chi connectivity index (χ0) is 31.5. The summed E-state index contributed by atoms with van der Waals surface area (Å²) in [6, 6.07) is 0. The van der Waals surface area contributed by atoms with E-state index in [2.05, 4.69) is 27.5 Å². The standard InChI is InChI=1S/C32H54ClN5O5/c1-5-6-7-8-9-10-11-12-13-14-15-16-17-18-23-42-27(40)20-19-26(39)34-22-21-28(41)43-24-32(3,4)31-36-35-30-29(33)25(2)37-38(30)31/h37H,5-24H2,1-4H3,(H,34,39). The number of aryl methyl sites for hydroxylation is 1. The Bertz CT molecular complexity index is 1110. The van der Waals surface area contributed by atoms with Crippen molar-refractivity contribution in [3.8, 4) is 0 Å². The molecule has 1 amide bonds. The zero-order valence-corrected chi connectivity index (χ0v) is 27.7. The molecule has 0 fully saturated rings. The normalized spacial score (nSPS) is 11.7. The molecule has 43 heavy (non-hydrogen) atoms. The molecule has 0 spiro atoms. The summed E-state index contributed by atoms with van der Waals surface area (Å²) in [5, 5.41) is 14.6. The van der Waals surface area contributed by atoms with Crippen LogP contribution >= 0.6 is 11.6 Å². The van der Waals surface area contributed by atoms with Gasteiger partial charge in [0, 0.05) is 13.0 Å². The van der Waals surface area contributed by atoms with E-state index < -0.39 is 11.4 Å². The van der Waals surface area contributed by atoms with Crippen LogP contribution in [0.15, 0.2) is 0 Å². The third-order valence-electron chi connectivity index (χ3n) is 7.64. The minimum Gasteiger partial charge on any atom is -0.466 e. The van der Waals surface area contributed by atoms with Crippen molar-refractivity contribution < 1.29 is 23.9 Å². The van der Waals surface area contributed by atoms with Crippen molar-refractivity contribution in [2.75, 3.05) is 19.8 Å². The molecule has 0 bridgehead atoms. The molecule has 10 nitrogen and oxygen atoms in total. The predicted octanol–water partition coefficient (Wildman–Crippen LogP) is 7.15. The van der Waals surface area contributed by atoms with Crippen molar-refractivity contribution in [3.05, 3.63) is 16.5 Å². The molecule has 0 aliphatic heterocycles. The van der Waals surface area contributed by atoms with Gasteiger partial charge >= 0.3 is 11.9 Å². The summed E-state index contributed by atoms with van der Waals surface area (Å²) >= 11 is 6.23. The second kappa shape index (κ2) is 20.4. The Kier molecular flexibility index (Phi) is 17.3. The van der Waals surface area contributed by atoms with E-state index in [0.717, 1.165) is 18.5 Å². The predicted molar refractivity (Wildman–Crippen MR) is 169 cm³/mol. The largest absolute Gasteiger partial charge is 0.466 e. The summed E-state index contributed by atoms with van der Waals surface area (Å²) in [6.07, 6.45) is 18.0. The van der Waals surface area contributed by atoms with Gasteiger partial charge in [0.1, 0.15) is 11.6 Å². The first kappa shape index (κ1) is 36.6. The number of H-pyrrole nitrogens is 1. The molecule has 2 N–H and O–H groups in total. The minimum absolute atomic E-state index is 0.0219. The number of carbonyl (C=O) groups is 3. The van der Waals surface area contributed by atoms with E-state index in [1.54, 1.807) is 4.52 Å². The molecule has 2 aromatic rings. The lowest BCUT2D eigenvalue weighted by atomic mass is 9.94. The number of esters is 2. The van der Waals surface area contributed by atoms with Crippen molar-refractivity contribution >= 4 is 35.1 Å². The van der Waals surface area contributed by atoms with Crippen LogP contribution in [0.1, 0.15) is 141 Å². The van der Waals surface area contributed by atoms with Crippen LogP contribution in [0.25, 0.3) is 5.65 Å². The van der Waals surface area contributed by atoms with Crippen molar-refractivity contribution in [1.29, 1.82) is 0 Å². The Morgan fingerprint density at radius 2 is 1.37 bits per heavy atom. The third-order valence-corrected chi connectivity index (χ3v) is 8.09. The molecule has 0 aliphatic carbocycles. The Hall–Kier alpha value is -2.62. The lowest BCUT2D eigenvalue weighted by molar-refractivity contribution is -0.146. The highest BCUT2D eigenvalue weighted by molar-refractivity contribution is 6.34. The number of hydrogen-bond donors (Lipinski definition) is 2. The summed E-state index contributed by atoms with van der Waals surface area (Å²) in [5.41, 5.74) is 0.677. The number of unbranched alkanes of at least 4 members (excludes halogenated alkanes) is 13. The second-order valence-corrected chi connectivity index (χ2v) is 12.6. The molecule has 0 radical (unpaired) electrons. The van der Waals surface area contributed by atoms with Crippen molar-refractivity contribution in [3.63, 3.8) is 0 Å². The van der Waals surface area contributed by atoms with E-state index in [4.69, 9.17) is 21.1 Å². The number of ether oxygens (including phenoxy) is 2. The fourth-order valence-electron chi connectivity index (χ4n) is 4.92. The van der Waals surface area contributed by atoms with Crippen LogP contribution in [0.5, 0.6) is 0 Å². The summed E-state index contributed by atoms with van der Waals surface area (Å²) in [5.74, 6) is -0.517. The first-order valence-electron chi connectivity index (χ1n) is 16.3. The van der Waals surface area contributed by atoms with Crippen molar-refractivity contribution in [2.45, 2.75) is 142 Å². The molecule has 2 heterocycles. The number of nitrogens with one attached hydrogen (secondary N) is 2. The van der Waals surface area contributed by atoms with Gasteiger partial charge < -0.3 is 14.8 Å². The van der Waals surface area contributed by atoms with Gasteiger partial charge in [-0.3, -0.25) is 19.5 Å². The highest BCUT2D eigenvalue weighted by atomic mass is 35.5. The number of aromatic amines is 1. The molecular formula is C32H54ClN5O5. The van der Waals surface area contributed by atoms with E-state index in [1.807, 2.05) is 20.8 Å². The molecule has 0 unspecified atom stereocenters. The number of aromatic nitrogens is 4. The number of carbonyl (C=O) groups excluding carboxylic acids is 3. The van der Waals surface area contributed by atoms with E-state index >= 15 is 0 Å². The quantitative estimate of drug-likeness (QED) is 0.0938. The van der Waals surface area contributed by atoms with Gasteiger partial charge in [0.15, 0.2) is 11.5 Å². The first-order chi connectivity index (χ1) is 20.7. The van der Waals surface area contributed by atoms with E-state index in [0.29, 0.717) is 23.1 Å². The molecule has 0 saturated carbocycles. The van der Waals surface area contributed by atoms with Crippen molar-refractivity contribution in [2.24, 2.45) is 0 Å². The van der Waals surface area contributed by atoms with Gasteiger partial charge in [0.05, 0.1) is 30.6 Å². The van der Waals surface area contributed by atoms with Gasteiger partial charge in [-0.2, -0.15) is 0 Å². The van der Waals surface area contributed by atoms with Gasteiger partial charge in [-0.1, -0.05) is 102 Å². The van der Waals surface area contributed by atoms with Gasteiger partial charge in [-0.15, -0.1) is 10.2 Å². The molecule has 2 aromatic heterocycles. The molecule has 0 aromatic carbocycles. The molecule has 11 heteroatoms. The fourth-order valence-corrected chi connectivity index (χ4v) is 5.08. The number of hydrogen-bond acceptors (Lipinski definition) is 7. The van der Waals surface area contributed by atoms with Crippen LogP contribution in [0.4, 0.5) is 0 Å². The summed E-state index contributed by atoms with van der Waals surface area (Å²) < 4.78 is 12.4. The maximum atomic E-state index is 12.2. The number of nitrogens with zero attached hydrogens (tertiary/aromatic N) is 3. The van der Waals surface area contributed by atoms with Crippen LogP contribution in [0, 0.1) is 6.92 Å². The summed E-state index contributed by atoms with van der Waals surface area (Å²) in [6.45, 7) is 8.49. The van der Waals surface area contributed by atoms with Gasteiger partial charge in [-0.25, -0.2) is 4.52 Å². The Morgan fingerprint density at radius 1 is 0.814 bits per heavy atom. The monoisotopic (exact) mass is 623 g/mol. The minimum atomic E-state index is -0.619. The molecule has 0 atom stereocenters. The van der Waals surface area contributed by atoms with Gasteiger partial charge in [0.25, 0.3) is 0 Å². The Labute approximate surface area is 262 Å². The number of fused-ring (bicyclic) bond motifs is 1. The van der Waals surface area contributed by atoms with E-state index in [1.165, 1.54) is 77.0 Å². The average Bonchev–Trinajstić information content (AvgIpc) is 3.52. The summed E-state index contributed by atoms with van der Waals surface area (Å²) in [7, 11) is 0. The maximum absolute atomic E-state index is 12.2. The highest BCUT2D eigenvalue weighted by Crippen LogP contribution is 2.26. The lowest BCUT2D eigenvalue weighted by Gasteiger charge is -2.21. The van der Waals surface area contributed by atoms with Crippen LogP contribution in [-0.4, -0.2) is 57.4 Å². The van der Waals surface area contributed by atoms with Crippen LogP contribution in [-0.2, 0) is 29.3 Å². The highest BCUT2D eigenvalue weighted by Gasteiger charge is 2.30. The molecular weight excluding hydrogens is 570 g/mol. The van der Waals surface area contributed by atoms with Crippen LogP contribution in [0.3, 0.4) is 0 Å². The van der Waals surface area contributed by atoms with Crippen LogP contribution < -0.4 is 5.32 Å². The van der Waals surface area contributed by atoms with Gasteiger partial charge in [-0.05, 0) is 27.2 Å². The van der Waals surface area contributed by atoms with E-state index in [-0.39, 0.29) is 44.3 Å². The Balaban J connectivity index is 1.43. The SMILES string of the molecule is CCCCCCCCCCCCCCCCOC(=O)CCC(=O)NCCC(=O)OCC(C)(C)c1nnc2c(Cl)c(C)[nH]n12. The van der Waals surface area contributed by atoms with Crippen LogP contribution in [0.2, 0.25) is 5.02 Å². The number of amides is 1. The van der Waals surface area contributed by atoms with Gasteiger partial charge in [0.2, 0.25) is 5.91 Å². The zero-order valence-electron chi connectivity index (χ0n) is 26.9. The van der Waals surface area contributed by atoms with E-state index in [9.17, 15) is 14.4 Å². The third kappa shape index (κ3) is 14.1. The summed E-state index contributed by atoms with van der Waals surface area (Å²) in [4.78, 5) is 36.2. The fraction of sp³-hybridized carbons (Fsp3) is 0.781.